The quantitative estimate of drug-likeness (QED) is 0.580. The van der Waals surface area contributed by atoms with Gasteiger partial charge in [-0.05, 0) is 13.8 Å². The molecule has 6 heteroatoms. The van der Waals surface area contributed by atoms with E-state index in [0.29, 0.717) is 12.5 Å². The van der Waals surface area contributed by atoms with Gasteiger partial charge in [0.15, 0.2) is 5.16 Å². The lowest BCUT2D eigenvalue weighted by Crippen LogP contribution is -2.07. The molecule has 0 bridgehead atoms. The van der Waals surface area contributed by atoms with Crippen LogP contribution in [0, 0.1) is 0 Å². The molecule has 0 aliphatic heterocycles. The van der Waals surface area contributed by atoms with Gasteiger partial charge in [-0.25, -0.2) is 0 Å². The molecular formula is C9H17N5S. The fourth-order valence-electron chi connectivity index (χ4n) is 1.16. The van der Waals surface area contributed by atoms with E-state index < -0.39 is 0 Å². The van der Waals surface area contributed by atoms with E-state index in [-0.39, 0.29) is 6.04 Å². The van der Waals surface area contributed by atoms with Gasteiger partial charge >= 0.3 is 0 Å². The summed E-state index contributed by atoms with van der Waals surface area (Å²) in [4.78, 5) is 0. The van der Waals surface area contributed by atoms with Crippen molar-refractivity contribution >= 4 is 17.7 Å². The molecule has 0 aromatic carbocycles. The molecule has 0 radical (unpaired) electrons. The number of thioether (sulfide) groups is 1. The van der Waals surface area contributed by atoms with Crippen molar-refractivity contribution in [1.29, 1.82) is 0 Å². The van der Waals surface area contributed by atoms with Crippen LogP contribution >= 0.6 is 11.8 Å². The first-order valence-corrected chi connectivity index (χ1v) is 5.83. The molecule has 0 spiro atoms. The van der Waals surface area contributed by atoms with E-state index in [1.54, 1.807) is 11.8 Å². The van der Waals surface area contributed by atoms with Gasteiger partial charge in [-0.3, -0.25) is 4.57 Å². The third-order valence-electron chi connectivity index (χ3n) is 1.82. The summed E-state index contributed by atoms with van der Waals surface area (Å²) in [6, 6.07) is 0.279. The molecule has 0 fully saturated rings. The highest BCUT2D eigenvalue weighted by Crippen LogP contribution is 2.22. The third-order valence-corrected chi connectivity index (χ3v) is 2.71. The SMILES string of the molecule is CC(C)n1c(N)nnc1SCC=CCN. The first-order chi connectivity index (χ1) is 7.16. The summed E-state index contributed by atoms with van der Waals surface area (Å²) in [7, 11) is 0. The van der Waals surface area contributed by atoms with Crippen molar-refractivity contribution in [3.63, 3.8) is 0 Å². The van der Waals surface area contributed by atoms with Crippen LogP contribution in [0.15, 0.2) is 17.3 Å². The first-order valence-electron chi connectivity index (χ1n) is 4.85. The van der Waals surface area contributed by atoms with Gasteiger partial charge in [0.1, 0.15) is 0 Å². The number of anilines is 1. The highest BCUT2D eigenvalue weighted by atomic mass is 32.2. The Morgan fingerprint density at radius 1 is 1.40 bits per heavy atom. The molecular weight excluding hydrogens is 210 g/mol. The average molecular weight is 227 g/mol. The number of nitrogens with zero attached hydrogens (tertiary/aromatic N) is 3. The van der Waals surface area contributed by atoms with Gasteiger partial charge in [-0.15, -0.1) is 10.2 Å². The van der Waals surface area contributed by atoms with Crippen molar-refractivity contribution in [1.82, 2.24) is 14.8 Å². The van der Waals surface area contributed by atoms with Gasteiger partial charge in [0.2, 0.25) is 5.95 Å². The third kappa shape index (κ3) is 3.24. The molecule has 1 rings (SSSR count). The van der Waals surface area contributed by atoms with Crippen LogP contribution in [0.3, 0.4) is 0 Å². The molecule has 0 unspecified atom stereocenters. The predicted octanol–water partition coefficient (Wildman–Crippen LogP) is 1.05. The molecule has 0 saturated carbocycles. The Labute approximate surface area is 93.9 Å². The van der Waals surface area contributed by atoms with Crippen LogP contribution in [0.25, 0.3) is 0 Å². The molecule has 0 aliphatic rings. The molecule has 1 heterocycles. The van der Waals surface area contributed by atoms with Gasteiger partial charge in [0.25, 0.3) is 0 Å². The van der Waals surface area contributed by atoms with E-state index in [0.717, 1.165) is 10.9 Å². The second-order valence-corrected chi connectivity index (χ2v) is 4.31. The minimum absolute atomic E-state index is 0.279. The molecule has 15 heavy (non-hydrogen) atoms. The lowest BCUT2D eigenvalue weighted by Gasteiger charge is -2.10. The Kier molecular flexibility index (Phi) is 4.64. The van der Waals surface area contributed by atoms with E-state index >= 15 is 0 Å². The van der Waals surface area contributed by atoms with Gasteiger partial charge in [-0.1, -0.05) is 23.9 Å². The van der Waals surface area contributed by atoms with E-state index in [9.17, 15) is 0 Å². The van der Waals surface area contributed by atoms with Crippen LogP contribution in [0.1, 0.15) is 19.9 Å². The van der Waals surface area contributed by atoms with Crippen LogP contribution in [0.4, 0.5) is 5.95 Å². The normalized spacial score (nSPS) is 11.7. The molecule has 5 nitrogen and oxygen atoms in total. The Morgan fingerprint density at radius 2 is 2.13 bits per heavy atom. The Balaban J connectivity index is 2.64. The van der Waals surface area contributed by atoms with E-state index in [1.165, 1.54) is 0 Å². The summed E-state index contributed by atoms with van der Waals surface area (Å²) in [6.45, 7) is 4.68. The first kappa shape index (κ1) is 12.1. The minimum atomic E-state index is 0.279. The maximum absolute atomic E-state index is 5.71. The molecule has 4 N–H and O–H groups in total. The molecule has 0 amide bonds. The number of hydrogen-bond donors (Lipinski definition) is 2. The molecule has 84 valence electrons. The summed E-state index contributed by atoms with van der Waals surface area (Å²) in [5.41, 5.74) is 11.1. The van der Waals surface area contributed by atoms with Gasteiger partial charge in [-0.2, -0.15) is 0 Å². The van der Waals surface area contributed by atoms with Crippen molar-refractivity contribution in [3.05, 3.63) is 12.2 Å². The zero-order chi connectivity index (χ0) is 11.3. The van der Waals surface area contributed by atoms with Crippen LogP contribution in [-0.2, 0) is 0 Å². The topological polar surface area (TPSA) is 82.8 Å². The van der Waals surface area contributed by atoms with Crippen molar-refractivity contribution in [2.75, 3.05) is 18.0 Å². The maximum Gasteiger partial charge on any atom is 0.222 e. The zero-order valence-corrected chi connectivity index (χ0v) is 9.87. The number of nitrogens with two attached hydrogens (primary N) is 2. The van der Waals surface area contributed by atoms with E-state index in [2.05, 4.69) is 24.0 Å². The summed E-state index contributed by atoms with van der Waals surface area (Å²) in [5.74, 6) is 1.30. The van der Waals surface area contributed by atoms with Crippen molar-refractivity contribution in [2.45, 2.75) is 25.0 Å². The highest BCUT2D eigenvalue weighted by Gasteiger charge is 2.11. The van der Waals surface area contributed by atoms with Gasteiger partial charge < -0.3 is 11.5 Å². The fourth-order valence-corrected chi connectivity index (χ4v) is 2.08. The highest BCUT2D eigenvalue weighted by molar-refractivity contribution is 7.99. The van der Waals surface area contributed by atoms with Crippen molar-refractivity contribution in [3.8, 4) is 0 Å². The monoisotopic (exact) mass is 227 g/mol. The summed E-state index contributed by atoms with van der Waals surface area (Å²) < 4.78 is 1.92. The predicted molar refractivity (Wildman–Crippen MR) is 63.7 cm³/mol. The number of rotatable bonds is 5. The molecule has 0 aliphatic carbocycles. The van der Waals surface area contributed by atoms with E-state index in [1.807, 2.05) is 16.7 Å². The Hall–Kier alpha value is -1.01. The van der Waals surface area contributed by atoms with Gasteiger partial charge in [0.05, 0.1) is 0 Å². The Bertz CT molecular complexity index is 331. The van der Waals surface area contributed by atoms with Crippen LogP contribution in [-0.4, -0.2) is 27.1 Å². The lowest BCUT2D eigenvalue weighted by atomic mass is 10.4. The molecule has 1 aromatic heterocycles. The minimum Gasteiger partial charge on any atom is -0.368 e. The van der Waals surface area contributed by atoms with Gasteiger partial charge in [0, 0.05) is 18.3 Å². The van der Waals surface area contributed by atoms with Crippen molar-refractivity contribution in [2.24, 2.45) is 5.73 Å². The van der Waals surface area contributed by atoms with Crippen molar-refractivity contribution < 1.29 is 0 Å². The summed E-state index contributed by atoms with van der Waals surface area (Å²) >= 11 is 1.60. The largest absolute Gasteiger partial charge is 0.368 e. The smallest absolute Gasteiger partial charge is 0.222 e. The fraction of sp³-hybridized carbons (Fsp3) is 0.556. The number of hydrogen-bond acceptors (Lipinski definition) is 5. The Morgan fingerprint density at radius 3 is 2.73 bits per heavy atom. The number of aromatic nitrogens is 3. The van der Waals surface area contributed by atoms with E-state index in [4.69, 9.17) is 11.5 Å². The summed E-state index contributed by atoms with van der Waals surface area (Å²) in [6.07, 6.45) is 3.94. The van der Waals surface area contributed by atoms with Crippen LogP contribution in [0.5, 0.6) is 0 Å². The molecule has 0 saturated heterocycles. The van der Waals surface area contributed by atoms with Crippen LogP contribution in [0.2, 0.25) is 0 Å². The lowest BCUT2D eigenvalue weighted by molar-refractivity contribution is 0.557. The molecule has 0 atom stereocenters. The number of nitrogen functional groups attached to an aromatic ring is 1. The molecule has 1 aromatic rings. The standard InChI is InChI=1S/C9H17N5S/c1-7(2)14-8(11)12-13-9(14)15-6-4-3-5-10/h3-4,7H,5-6,10H2,1-2H3,(H2,11,12). The summed E-state index contributed by atoms with van der Waals surface area (Å²) in [5, 5.41) is 8.73. The zero-order valence-electron chi connectivity index (χ0n) is 9.05. The second-order valence-electron chi connectivity index (χ2n) is 3.32. The average Bonchev–Trinajstić information content (AvgIpc) is 2.54. The second kappa shape index (κ2) is 5.77. The maximum atomic E-state index is 5.71. The van der Waals surface area contributed by atoms with Crippen LogP contribution < -0.4 is 11.5 Å².